The average molecular weight is 201 g/mol. The zero-order valence-corrected chi connectivity index (χ0v) is 9.22. The number of carboxylic acids is 1. The van der Waals surface area contributed by atoms with E-state index in [2.05, 4.69) is 12.2 Å². The second-order valence-electron chi connectivity index (χ2n) is 3.66. The normalized spacial score (nSPS) is 10.4. The summed E-state index contributed by atoms with van der Waals surface area (Å²) >= 11 is 0. The molecule has 0 saturated carbocycles. The quantitative estimate of drug-likeness (QED) is 0.534. The van der Waals surface area contributed by atoms with E-state index in [4.69, 9.17) is 5.11 Å². The third kappa shape index (κ3) is 11.4. The van der Waals surface area contributed by atoms with Gasteiger partial charge >= 0.3 is 5.97 Å². The predicted octanol–water partition coefficient (Wildman–Crippen LogP) is 2.41. The highest BCUT2D eigenvalue weighted by atomic mass is 16.4. The van der Waals surface area contributed by atoms with Crippen molar-refractivity contribution in [3.05, 3.63) is 0 Å². The van der Waals surface area contributed by atoms with Crippen LogP contribution in [0.5, 0.6) is 0 Å². The molecule has 0 radical (unpaired) electrons. The standard InChI is InChI=1S/C11H23NO2/c1-2-3-6-9-12-10-7-4-5-8-11(13)14/h12H,2-10H2,1H3,(H,13,14). The molecule has 0 aliphatic carbocycles. The average Bonchev–Trinajstić information content (AvgIpc) is 2.15. The molecule has 0 unspecified atom stereocenters. The first kappa shape index (κ1) is 13.4. The van der Waals surface area contributed by atoms with Crippen LogP contribution < -0.4 is 5.32 Å². The van der Waals surface area contributed by atoms with Crippen LogP contribution in [0.2, 0.25) is 0 Å². The van der Waals surface area contributed by atoms with Crippen molar-refractivity contribution in [3.63, 3.8) is 0 Å². The molecule has 0 rings (SSSR count). The molecule has 2 N–H and O–H groups in total. The number of aliphatic carboxylic acids is 1. The van der Waals surface area contributed by atoms with Gasteiger partial charge in [0.15, 0.2) is 0 Å². The molecule has 0 aromatic carbocycles. The van der Waals surface area contributed by atoms with Crippen molar-refractivity contribution in [1.29, 1.82) is 0 Å². The molecule has 0 bridgehead atoms. The number of carboxylic acid groups (broad SMARTS) is 1. The Hall–Kier alpha value is -0.570. The molecule has 3 heteroatoms. The summed E-state index contributed by atoms with van der Waals surface area (Å²) in [5, 5.41) is 11.8. The van der Waals surface area contributed by atoms with Gasteiger partial charge in [-0.05, 0) is 32.4 Å². The fraction of sp³-hybridized carbons (Fsp3) is 0.909. The van der Waals surface area contributed by atoms with Gasteiger partial charge in [0.25, 0.3) is 0 Å². The first-order valence-corrected chi connectivity index (χ1v) is 5.70. The molecule has 0 atom stereocenters. The van der Waals surface area contributed by atoms with Gasteiger partial charge in [-0.2, -0.15) is 0 Å². The van der Waals surface area contributed by atoms with Crippen molar-refractivity contribution in [3.8, 4) is 0 Å². The Morgan fingerprint density at radius 2 is 1.71 bits per heavy atom. The largest absolute Gasteiger partial charge is 0.481 e. The number of nitrogens with one attached hydrogen (secondary N) is 1. The van der Waals surface area contributed by atoms with Crippen molar-refractivity contribution < 1.29 is 9.90 Å². The van der Waals surface area contributed by atoms with Crippen LogP contribution in [-0.2, 0) is 4.79 Å². The Bertz CT molecular complexity index is 137. The van der Waals surface area contributed by atoms with Gasteiger partial charge in [0.2, 0.25) is 0 Å². The summed E-state index contributed by atoms with van der Waals surface area (Å²) < 4.78 is 0. The fourth-order valence-electron chi connectivity index (χ4n) is 1.33. The maximum absolute atomic E-state index is 10.2. The van der Waals surface area contributed by atoms with E-state index >= 15 is 0 Å². The molecule has 0 aromatic rings. The summed E-state index contributed by atoms with van der Waals surface area (Å²) in [5.41, 5.74) is 0. The Balaban J connectivity index is 2.88. The molecule has 84 valence electrons. The minimum atomic E-state index is -0.680. The highest BCUT2D eigenvalue weighted by Crippen LogP contribution is 1.98. The second kappa shape index (κ2) is 10.5. The summed E-state index contributed by atoms with van der Waals surface area (Å²) in [6, 6.07) is 0. The number of hydrogen-bond acceptors (Lipinski definition) is 2. The van der Waals surface area contributed by atoms with Crippen molar-refractivity contribution in [2.75, 3.05) is 13.1 Å². The van der Waals surface area contributed by atoms with Crippen LogP contribution >= 0.6 is 0 Å². The minimum absolute atomic E-state index is 0.315. The van der Waals surface area contributed by atoms with Gasteiger partial charge in [0, 0.05) is 6.42 Å². The van der Waals surface area contributed by atoms with Crippen molar-refractivity contribution in [2.45, 2.75) is 51.9 Å². The van der Waals surface area contributed by atoms with Crippen LogP contribution in [0.15, 0.2) is 0 Å². The molecule has 0 saturated heterocycles. The van der Waals surface area contributed by atoms with Gasteiger partial charge in [-0.25, -0.2) is 0 Å². The van der Waals surface area contributed by atoms with Gasteiger partial charge in [0.1, 0.15) is 0 Å². The lowest BCUT2D eigenvalue weighted by molar-refractivity contribution is -0.137. The first-order chi connectivity index (χ1) is 6.77. The maximum Gasteiger partial charge on any atom is 0.303 e. The summed E-state index contributed by atoms with van der Waals surface area (Å²) in [6.45, 7) is 4.34. The van der Waals surface area contributed by atoms with Gasteiger partial charge in [-0.15, -0.1) is 0 Å². The third-order valence-electron chi connectivity index (χ3n) is 2.20. The number of unbranched alkanes of at least 4 members (excludes halogenated alkanes) is 4. The van der Waals surface area contributed by atoms with E-state index in [1.807, 2.05) is 0 Å². The van der Waals surface area contributed by atoms with E-state index in [1.54, 1.807) is 0 Å². The monoisotopic (exact) mass is 201 g/mol. The molecule has 3 nitrogen and oxygen atoms in total. The summed E-state index contributed by atoms with van der Waals surface area (Å²) in [5.74, 6) is -0.680. The van der Waals surface area contributed by atoms with Crippen LogP contribution in [0.25, 0.3) is 0 Å². The zero-order valence-electron chi connectivity index (χ0n) is 9.22. The van der Waals surface area contributed by atoms with Crippen LogP contribution in [-0.4, -0.2) is 24.2 Å². The predicted molar refractivity (Wildman–Crippen MR) is 58.5 cm³/mol. The van der Waals surface area contributed by atoms with Crippen molar-refractivity contribution in [1.82, 2.24) is 5.32 Å². The molecule has 14 heavy (non-hydrogen) atoms. The highest BCUT2D eigenvalue weighted by Gasteiger charge is 1.95. The Morgan fingerprint density at radius 1 is 1.07 bits per heavy atom. The smallest absolute Gasteiger partial charge is 0.303 e. The van der Waals surface area contributed by atoms with E-state index in [1.165, 1.54) is 19.3 Å². The third-order valence-corrected chi connectivity index (χ3v) is 2.20. The second-order valence-corrected chi connectivity index (χ2v) is 3.66. The molecule has 0 heterocycles. The molecule has 0 spiro atoms. The van der Waals surface area contributed by atoms with E-state index < -0.39 is 5.97 Å². The lowest BCUT2D eigenvalue weighted by atomic mass is 10.2. The number of rotatable bonds is 10. The Morgan fingerprint density at radius 3 is 2.29 bits per heavy atom. The lowest BCUT2D eigenvalue weighted by Gasteiger charge is -2.03. The molecular weight excluding hydrogens is 178 g/mol. The summed E-state index contributed by atoms with van der Waals surface area (Å²) in [4.78, 5) is 10.2. The Labute approximate surface area is 86.9 Å². The first-order valence-electron chi connectivity index (χ1n) is 5.70. The molecule has 0 aromatic heterocycles. The summed E-state index contributed by atoms with van der Waals surface area (Å²) in [7, 11) is 0. The highest BCUT2D eigenvalue weighted by molar-refractivity contribution is 5.66. The van der Waals surface area contributed by atoms with E-state index in [-0.39, 0.29) is 0 Å². The number of hydrogen-bond donors (Lipinski definition) is 2. The molecule has 0 aliphatic heterocycles. The van der Waals surface area contributed by atoms with Gasteiger partial charge in [0.05, 0.1) is 0 Å². The topological polar surface area (TPSA) is 49.3 Å². The Kier molecular flexibility index (Phi) is 10.1. The summed E-state index contributed by atoms with van der Waals surface area (Å²) in [6.07, 6.45) is 7.06. The molecule has 0 fully saturated rings. The van der Waals surface area contributed by atoms with Crippen LogP contribution in [0.4, 0.5) is 0 Å². The maximum atomic E-state index is 10.2. The van der Waals surface area contributed by atoms with E-state index in [9.17, 15) is 4.79 Å². The van der Waals surface area contributed by atoms with Gasteiger partial charge < -0.3 is 10.4 Å². The van der Waals surface area contributed by atoms with E-state index in [0.717, 1.165) is 32.4 Å². The molecule has 0 aliphatic rings. The molecule has 0 amide bonds. The minimum Gasteiger partial charge on any atom is -0.481 e. The van der Waals surface area contributed by atoms with Crippen molar-refractivity contribution >= 4 is 5.97 Å². The van der Waals surface area contributed by atoms with Gasteiger partial charge in [-0.3, -0.25) is 4.79 Å². The lowest BCUT2D eigenvalue weighted by Crippen LogP contribution is -2.16. The SMILES string of the molecule is CCCCCNCCCCCC(=O)O. The van der Waals surface area contributed by atoms with Crippen LogP contribution in [0.1, 0.15) is 51.9 Å². The fourth-order valence-corrected chi connectivity index (χ4v) is 1.33. The number of carbonyl (C=O) groups is 1. The zero-order chi connectivity index (χ0) is 10.6. The van der Waals surface area contributed by atoms with Gasteiger partial charge in [-0.1, -0.05) is 26.2 Å². The van der Waals surface area contributed by atoms with Crippen molar-refractivity contribution in [2.24, 2.45) is 0 Å². The molecular formula is C11H23NO2. The van der Waals surface area contributed by atoms with E-state index in [0.29, 0.717) is 6.42 Å². The van der Waals surface area contributed by atoms with Crippen LogP contribution in [0.3, 0.4) is 0 Å². The van der Waals surface area contributed by atoms with Crippen LogP contribution in [0, 0.1) is 0 Å².